The Morgan fingerprint density at radius 3 is 2.53 bits per heavy atom. The molecule has 1 heterocycles. The maximum absolute atomic E-state index is 11.9. The standard InChI is InChI=1S/C11H25N3O2S/c1-12-6-5-11-17(15,16)13(2)9-10-14-7-3-4-8-14/h12H,3-11H2,1-2H3. The fourth-order valence-electron chi connectivity index (χ4n) is 2.01. The van der Waals surface area contributed by atoms with E-state index in [0.29, 0.717) is 13.0 Å². The summed E-state index contributed by atoms with van der Waals surface area (Å²) < 4.78 is 25.3. The molecule has 0 bridgehead atoms. The normalized spacial score (nSPS) is 18.1. The number of hydrogen-bond donors (Lipinski definition) is 1. The third-order valence-corrected chi connectivity index (χ3v) is 5.17. The van der Waals surface area contributed by atoms with Crippen LogP contribution in [0.3, 0.4) is 0 Å². The van der Waals surface area contributed by atoms with E-state index in [2.05, 4.69) is 10.2 Å². The Morgan fingerprint density at radius 2 is 1.94 bits per heavy atom. The van der Waals surface area contributed by atoms with Crippen LogP contribution in [0.25, 0.3) is 0 Å². The number of nitrogens with one attached hydrogen (secondary N) is 1. The first-order chi connectivity index (χ1) is 8.06. The molecule has 1 saturated heterocycles. The lowest BCUT2D eigenvalue weighted by atomic mass is 10.4. The minimum Gasteiger partial charge on any atom is -0.320 e. The van der Waals surface area contributed by atoms with E-state index in [4.69, 9.17) is 0 Å². The van der Waals surface area contributed by atoms with Gasteiger partial charge in [-0.1, -0.05) is 0 Å². The quantitative estimate of drug-likeness (QED) is 0.624. The van der Waals surface area contributed by atoms with Gasteiger partial charge in [0.25, 0.3) is 0 Å². The van der Waals surface area contributed by atoms with Crippen molar-refractivity contribution >= 4 is 10.0 Å². The monoisotopic (exact) mass is 263 g/mol. The van der Waals surface area contributed by atoms with Crippen molar-refractivity contribution in [3.63, 3.8) is 0 Å². The Kier molecular flexibility index (Phi) is 6.40. The fraction of sp³-hybridized carbons (Fsp3) is 1.00. The second-order valence-corrected chi connectivity index (χ2v) is 6.84. The molecule has 1 aliphatic rings. The predicted octanol–water partition coefficient (Wildman–Crippen LogP) is -0.0467. The molecule has 0 spiro atoms. The number of likely N-dealkylation sites (N-methyl/N-ethyl adjacent to an activating group) is 1. The lowest BCUT2D eigenvalue weighted by molar-refractivity contribution is 0.310. The SMILES string of the molecule is CNCCCS(=O)(=O)N(C)CCN1CCCC1. The van der Waals surface area contributed by atoms with Crippen LogP contribution < -0.4 is 5.32 Å². The Balaban J connectivity index is 2.26. The molecule has 0 aromatic carbocycles. The molecule has 0 aliphatic carbocycles. The van der Waals surface area contributed by atoms with Crippen LogP contribution in [0.1, 0.15) is 19.3 Å². The van der Waals surface area contributed by atoms with E-state index in [-0.39, 0.29) is 5.75 Å². The predicted molar refractivity (Wildman–Crippen MR) is 70.6 cm³/mol. The van der Waals surface area contributed by atoms with Crippen molar-refractivity contribution in [3.05, 3.63) is 0 Å². The molecule has 1 rings (SSSR count). The topological polar surface area (TPSA) is 52.7 Å². The minimum absolute atomic E-state index is 0.240. The second kappa shape index (κ2) is 7.31. The molecule has 6 heteroatoms. The first-order valence-corrected chi connectivity index (χ1v) is 7.98. The summed E-state index contributed by atoms with van der Waals surface area (Å²) in [6.45, 7) is 4.46. The first kappa shape index (κ1) is 14.9. The van der Waals surface area contributed by atoms with Crippen LogP contribution in [0.4, 0.5) is 0 Å². The van der Waals surface area contributed by atoms with Crippen LogP contribution in [0.5, 0.6) is 0 Å². The molecule has 0 aromatic heterocycles. The van der Waals surface area contributed by atoms with Crippen molar-refractivity contribution < 1.29 is 8.42 Å². The molecule has 0 radical (unpaired) electrons. The maximum Gasteiger partial charge on any atom is 0.213 e. The van der Waals surface area contributed by atoms with Crippen molar-refractivity contribution in [1.29, 1.82) is 0 Å². The van der Waals surface area contributed by atoms with Gasteiger partial charge in [-0.25, -0.2) is 12.7 Å². The number of nitrogens with zero attached hydrogens (tertiary/aromatic N) is 2. The largest absolute Gasteiger partial charge is 0.320 e. The molecule has 1 aliphatic heterocycles. The molecule has 17 heavy (non-hydrogen) atoms. The highest BCUT2D eigenvalue weighted by atomic mass is 32.2. The number of hydrogen-bond acceptors (Lipinski definition) is 4. The van der Waals surface area contributed by atoms with Gasteiger partial charge in [0.15, 0.2) is 0 Å². The maximum atomic E-state index is 11.9. The Bertz CT molecular complexity index is 300. The van der Waals surface area contributed by atoms with E-state index in [1.807, 2.05) is 7.05 Å². The highest BCUT2D eigenvalue weighted by molar-refractivity contribution is 7.89. The van der Waals surface area contributed by atoms with Crippen LogP contribution in [0.2, 0.25) is 0 Å². The van der Waals surface area contributed by atoms with E-state index in [1.54, 1.807) is 7.05 Å². The average Bonchev–Trinajstić information content (AvgIpc) is 2.78. The van der Waals surface area contributed by atoms with Crippen molar-refractivity contribution in [2.45, 2.75) is 19.3 Å². The van der Waals surface area contributed by atoms with E-state index in [1.165, 1.54) is 17.1 Å². The molecule has 0 aromatic rings. The molecule has 102 valence electrons. The van der Waals surface area contributed by atoms with Gasteiger partial charge < -0.3 is 10.2 Å². The molecular formula is C11H25N3O2S. The summed E-state index contributed by atoms with van der Waals surface area (Å²) in [5.74, 6) is 0.240. The van der Waals surface area contributed by atoms with Gasteiger partial charge in [0.2, 0.25) is 10.0 Å². The number of likely N-dealkylation sites (tertiary alicyclic amines) is 1. The van der Waals surface area contributed by atoms with Gasteiger partial charge in [0.05, 0.1) is 5.75 Å². The summed E-state index contributed by atoms with van der Waals surface area (Å²) in [5.41, 5.74) is 0. The molecular weight excluding hydrogens is 238 g/mol. The second-order valence-electron chi connectivity index (χ2n) is 4.64. The Morgan fingerprint density at radius 1 is 1.29 bits per heavy atom. The summed E-state index contributed by atoms with van der Waals surface area (Å²) >= 11 is 0. The van der Waals surface area contributed by atoms with Gasteiger partial charge in [-0.05, 0) is 45.9 Å². The molecule has 1 fully saturated rings. The zero-order valence-electron chi connectivity index (χ0n) is 11.0. The summed E-state index contributed by atoms with van der Waals surface area (Å²) in [5, 5.41) is 2.96. The molecule has 1 N–H and O–H groups in total. The molecule has 0 unspecified atom stereocenters. The minimum atomic E-state index is -3.06. The van der Waals surface area contributed by atoms with Crippen molar-refractivity contribution in [3.8, 4) is 0 Å². The van der Waals surface area contributed by atoms with Crippen molar-refractivity contribution in [1.82, 2.24) is 14.5 Å². The van der Waals surface area contributed by atoms with Crippen LogP contribution in [0.15, 0.2) is 0 Å². The molecule has 0 amide bonds. The molecule has 5 nitrogen and oxygen atoms in total. The van der Waals surface area contributed by atoms with E-state index in [0.717, 1.165) is 26.2 Å². The van der Waals surface area contributed by atoms with Crippen LogP contribution >= 0.6 is 0 Å². The zero-order chi connectivity index (χ0) is 12.7. The highest BCUT2D eigenvalue weighted by Gasteiger charge is 2.19. The van der Waals surface area contributed by atoms with Gasteiger partial charge >= 0.3 is 0 Å². The first-order valence-electron chi connectivity index (χ1n) is 6.37. The van der Waals surface area contributed by atoms with Crippen LogP contribution in [-0.2, 0) is 10.0 Å². The van der Waals surface area contributed by atoms with Gasteiger partial charge in [-0.3, -0.25) is 0 Å². The van der Waals surface area contributed by atoms with Crippen molar-refractivity contribution in [2.24, 2.45) is 0 Å². The summed E-state index contributed by atoms with van der Waals surface area (Å²) in [7, 11) is 0.465. The zero-order valence-corrected chi connectivity index (χ0v) is 11.8. The Labute approximate surface area is 105 Å². The number of sulfonamides is 1. The highest BCUT2D eigenvalue weighted by Crippen LogP contribution is 2.07. The smallest absolute Gasteiger partial charge is 0.213 e. The van der Waals surface area contributed by atoms with Crippen molar-refractivity contribution in [2.75, 3.05) is 52.6 Å². The van der Waals surface area contributed by atoms with Gasteiger partial charge in [0.1, 0.15) is 0 Å². The van der Waals surface area contributed by atoms with Gasteiger partial charge in [-0.15, -0.1) is 0 Å². The van der Waals surface area contributed by atoms with Gasteiger partial charge in [-0.2, -0.15) is 0 Å². The fourth-order valence-corrected chi connectivity index (χ4v) is 3.20. The molecule has 0 atom stereocenters. The van der Waals surface area contributed by atoms with E-state index < -0.39 is 10.0 Å². The van der Waals surface area contributed by atoms with Crippen LogP contribution in [0, 0.1) is 0 Å². The summed E-state index contributed by atoms with van der Waals surface area (Å²) in [4.78, 5) is 2.33. The Hall–Kier alpha value is -0.170. The average molecular weight is 263 g/mol. The van der Waals surface area contributed by atoms with Gasteiger partial charge in [0, 0.05) is 20.1 Å². The lowest BCUT2D eigenvalue weighted by Gasteiger charge is -2.21. The lowest BCUT2D eigenvalue weighted by Crippen LogP contribution is -2.36. The third-order valence-electron chi connectivity index (χ3n) is 3.23. The van der Waals surface area contributed by atoms with Crippen LogP contribution in [-0.4, -0.2) is 70.2 Å². The van der Waals surface area contributed by atoms with E-state index in [9.17, 15) is 8.42 Å². The molecule has 0 saturated carbocycles. The number of rotatable bonds is 8. The summed E-state index contributed by atoms with van der Waals surface area (Å²) in [6.07, 6.45) is 3.17. The third kappa shape index (κ3) is 5.33. The summed E-state index contributed by atoms with van der Waals surface area (Å²) in [6, 6.07) is 0. The van der Waals surface area contributed by atoms with E-state index >= 15 is 0 Å².